The fourth-order valence-electron chi connectivity index (χ4n) is 5.16. The summed E-state index contributed by atoms with van der Waals surface area (Å²) in [5, 5.41) is 15.0. The number of rotatable bonds is 9. The van der Waals surface area contributed by atoms with Crippen molar-refractivity contribution < 1.29 is 22.7 Å². The van der Waals surface area contributed by atoms with E-state index in [1.807, 2.05) is 0 Å². The molecular weight excluding hydrogens is 445 g/mol. The van der Waals surface area contributed by atoms with Crippen molar-refractivity contribution in [1.29, 1.82) is 10.8 Å². The van der Waals surface area contributed by atoms with Gasteiger partial charge in [0.2, 0.25) is 0 Å². The van der Waals surface area contributed by atoms with Gasteiger partial charge >= 0.3 is 6.04 Å². The van der Waals surface area contributed by atoms with Crippen molar-refractivity contribution in [3.8, 4) is 5.75 Å². The van der Waals surface area contributed by atoms with E-state index >= 15 is 0 Å². The van der Waals surface area contributed by atoms with Crippen LogP contribution in [0.2, 0.25) is 0 Å². The summed E-state index contributed by atoms with van der Waals surface area (Å²) in [5.41, 5.74) is 1.12. The average Bonchev–Trinajstić information content (AvgIpc) is 2.73. The molecule has 34 heavy (non-hydrogen) atoms. The van der Waals surface area contributed by atoms with E-state index in [-0.39, 0.29) is 34.5 Å². The minimum atomic E-state index is -1.61. The first-order chi connectivity index (χ1) is 16.2. The zero-order valence-electron chi connectivity index (χ0n) is 18.9. The summed E-state index contributed by atoms with van der Waals surface area (Å²) in [4.78, 5) is 13.7. The molecule has 2 heterocycles. The molecule has 1 saturated carbocycles. The summed E-state index contributed by atoms with van der Waals surface area (Å²) in [6.45, 7) is 4.25. The molecule has 0 bridgehead atoms. The van der Waals surface area contributed by atoms with Crippen molar-refractivity contribution in [2.75, 3.05) is 19.6 Å². The second-order valence-corrected chi connectivity index (χ2v) is 9.27. The van der Waals surface area contributed by atoms with Crippen molar-refractivity contribution in [3.05, 3.63) is 64.3 Å². The third-order valence-corrected chi connectivity index (χ3v) is 6.78. The van der Waals surface area contributed by atoms with Crippen LogP contribution in [0.3, 0.4) is 0 Å². The third kappa shape index (κ3) is 4.70. The first kappa shape index (κ1) is 23.9. The van der Waals surface area contributed by atoms with Crippen LogP contribution in [0.15, 0.2) is 30.7 Å². The number of ether oxygens (including phenoxy) is 1. The number of nitrogens with zero attached hydrogens (tertiary/aromatic N) is 2. The van der Waals surface area contributed by atoms with E-state index < -0.39 is 11.9 Å². The maximum Gasteiger partial charge on any atom is 0.333 e. The highest BCUT2D eigenvalue weighted by molar-refractivity contribution is 5.95. The van der Waals surface area contributed by atoms with Crippen LogP contribution in [0, 0.1) is 29.0 Å². The Labute approximate surface area is 195 Å². The maximum atomic E-state index is 14.1. The lowest BCUT2D eigenvalue weighted by Gasteiger charge is -2.58. The van der Waals surface area contributed by atoms with Crippen molar-refractivity contribution in [1.82, 2.24) is 9.47 Å². The van der Waals surface area contributed by atoms with Gasteiger partial charge in [0.05, 0.1) is 24.3 Å². The van der Waals surface area contributed by atoms with Gasteiger partial charge in [-0.15, -0.1) is 0 Å². The third-order valence-electron chi connectivity index (χ3n) is 6.78. The quantitative estimate of drug-likeness (QED) is 0.323. The molecule has 6 nitrogen and oxygen atoms in total. The number of aryl methyl sites for hydroxylation is 2. The summed E-state index contributed by atoms with van der Waals surface area (Å²) in [6, 6.07) is 3.09. The highest BCUT2D eigenvalue weighted by atomic mass is 19.1. The van der Waals surface area contributed by atoms with Crippen molar-refractivity contribution in [2.45, 2.75) is 38.7 Å². The summed E-state index contributed by atoms with van der Waals surface area (Å²) in [6.07, 6.45) is 6.27. The number of aromatic nitrogens is 1. The molecule has 1 saturated heterocycles. The molecule has 180 valence electrons. The number of pyridine rings is 1. The van der Waals surface area contributed by atoms with Gasteiger partial charge in [-0.05, 0) is 68.5 Å². The van der Waals surface area contributed by atoms with Crippen LogP contribution in [0.5, 0.6) is 5.75 Å². The van der Waals surface area contributed by atoms with Gasteiger partial charge in [-0.1, -0.05) is 6.07 Å². The molecule has 4 rings (SSSR count). The first-order valence-electron chi connectivity index (χ1n) is 11.2. The standard InChI is InChI=1S/C25H27F3N4O2/c1-16-4-5-21(19(6-7-26)23(16)24(28)33)34-18-10-25(11-18)13-31(14-25)8-2-3-17-9-22(30)32(15-29)12-20(17)27/h4-7,9,12,15,18,29-30H,2-3,8,10-11,13-14H2,1H3/b7-6-,29-15?,30-22?. The molecule has 1 aliphatic heterocycles. The van der Waals surface area contributed by atoms with Crippen LogP contribution in [0.4, 0.5) is 13.2 Å². The second-order valence-electron chi connectivity index (χ2n) is 9.27. The first-order valence-corrected chi connectivity index (χ1v) is 11.2. The summed E-state index contributed by atoms with van der Waals surface area (Å²) in [5.74, 6) is -0.103. The van der Waals surface area contributed by atoms with Crippen LogP contribution >= 0.6 is 0 Å². The highest BCUT2D eigenvalue weighted by Crippen LogP contribution is 2.50. The van der Waals surface area contributed by atoms with E-state index in [0.29, 0.717) is 23.3 Å². The average molecular weight is 473 g/mol. The smallest absolute Gasteiger partial charge is 0.333 e. The van der Waals surface area contributed by atoms with E-state index in [9.17, 15) is 18.0 Å². The maximum absolute atomic E-state index is 14.1. The van der Waals surface area contributed by atoms with Crippen LogP contribution < -0.4 is 10.2 Å². The van der Waals surface area contributed by atoms with Gasteiger partial charge in [-0.2, -0.15) is 4.39 Å². The molecule has 1 aromatic carbocycles. The summed E-state index contributed by atoms with van der Waals surface area (Å²) >= 11 is 0. The molecule has 1 aromatic heterocycles. The van der Waals surface area contributed by atoms with E-state index in [1.54, 1.807) is 19.1 Å². The van der Waals surface area contributed by atoms with E-state index in [1.165, 1.54) is 6.07 Å². The minimum absolute atomic E-state index is 0.0754. The van der Waals surface area contributed by atoms with Gasteiger partial charge in [0.1, 0.15) is 17.1 Å². The number of halogens is 3. The Morgan fingerprint density at radius 1 is 1.32 bits per heavy atom. The molecule has 1 aliphatic carbocycles. The number of carbonyl (C=O) groups is 1. The molecule has 2 N–H and O–H groups in total. The van der Waals surface area contributed by atoms with Gasteiger partial charge in [0.25, 0.3) is 0 Å². The molecule has 2 aliphatic rings. The molecule has 0 unspecified atom stereocenters. The number of carbonyl (C=O) groups excluding carboxylic acids is 1. The Balaban J connectivity index is 1.26. The molecular formula is C25H27F3N4O2. The van der Waals surface area contributed by atoms with Crippen LogP contribution in [0.1, 0.15) is 46.3 Å². The van der Waals surface area contributed by atoms with E-state index in [2.05, 4.69) is 4.90 Å². The Hall–Kier alpha value is -3.20. The largest absolute Gasteiger partial charge is 0.490 e. The zero-order chi connectivity index (χ0) is 24.5. The van der Waals surface area contributed by atoms with Crippen LogP contribution in [0.25, 0.3) is 6.08 Å². The summed E-state index contributed by atoms with van der Waals surface area (Å²) in [7, 11) is 0. The predicted molar refractivity (Wildman–Crippen MR) is 122 cm³/mol. The normalized spacial score (nSPS) is 17.5. The van der Waals surface area contributed by atoms with Crippen molar-refractivity contribution in [2.24, 2.45) is 5.41 Å². The monoisotopic (exact) mass is 472 g/mol. The van der Waals surface area contributed by atoms with Gasteiger partial charge < -0.3 is 9.64 Å². The Bertz CT molecular complexity index is 1190. The van der Waals surface area contributed by atoms with Crippen molar-refractivity contribution in [3.63, 3.8) is 0 Å². The fourth-order valence-corrected chi connectivity index (χ4v) is 5.16. The molecule has 1 spiro atoms. The number of likely N-dealkylation sites (tertiary alicyclic amines) is 1. The number of benzene rings is 1. The van der Waals surface area contributed by atoms with Crippen molar-refractivity contribution >= 4 is 18.5 Å². The Kier molecular flexibility index (Phi) is 6.74. The Morgan fingerprint density at radius 2 is 2.06 bits per heavy atom. The second kappa shape index (κ2) is 9.58. The lowest BCUT2D eigenvalue weighted by molar-refractivity contribution is -0.119. The van der Waals surface area contributed by atoms with Crippen LogP contribution in [-0.4, -0.2) is 47.6 Å². The predicted octanol–water partition coefficient (Wildman–Crippen LogP) is 4.40. The summed E-state index contributed by atoms with van der Waals surface area (Å²) < 4.78 is 47.6. The minimum Gasteiger partial charge on any atom is -0.490 e. The lowest BCUT2D eigenvalue weighted by atomic mass is 9.61. The lowest BCUT2D eigenvalue weighted by Crippen LogP contribution is -2.64. The number of nitrogens with one attached hydrogen (secondary N) is 2. The SMILES string of the molecule is Cc1ccc(OC2CC3(C2)CN(CCCc2cc(=N)n(C=N)cc2F)C3)c(/C=C\F)c1C(=O)F. The molecule has 0 amide bonds. The van der Waals surface area contributed by atoms with Crippen LogP contribution in [-0.2, 0) is 6.42 Å². The molecule has 0 atom stereocenters. The molecule has 2 aromatic rings. The highest BCUT2D eigenvalue weighted by Gasteiger charge is 2.53. The topological polar surface area (TPSA) is 82.2 Å². The van der Waals surface area contributed by atoms with E-state index in [4.69, 9.17) is 15.6 Å². The van der Waals surface area contributed by atoms with Gasteiger partial charge in [-0.3, -0.25) is 20.2 Å². The van der Waals surface area contributed by atoms with Gasteiger partial charge in [0.15, 0.2) is 0 Å². The van der Waals surface area contributed by atoms with Gasteiger partial charge in [-0.25, -0.2) is 8.78 Å². The molecule has 9 heteroatoms. The number of hydrogen-bond acceptors (Lipinski definition) is 5. The zero-order valence-corrected chi connectivity index (χ0v) is 18.9. The Morgan fingerprint density at radius 3 is 2.71 bits per heavy atom. The fraction of sp³-hybridized carbons (Fsp3) is 0.400. The van der Waals surface area contributed by atoms with Gasteiger partial charge in [0, 0.05) is 30.3 Å². The molecule has 0 radical (unpaired) electrons. The van der Waals surface area contributed by atoms with E-state index in [0.717, 1.165) is 62.1 Å². The number of hydrogen-bond donors (Lipinski definition) is 2. The molecule has 2 fully saturated rings.